The highest BCUT2D eigenvalue weighted by molar-refractivity contribution is 5.64. The maximum atomic E-state index is 8.63. The molecular formula is C18H26O4. The van der Waals surface area contributed by atoms with Gasteiger partial charge in [0.2, 0.25) is 0 Å². The lowest BCUT2D eigenvalue weighted by Crippen LogP contribution is -1.94. The number of ether oxygens (including phenoxy) is 2. The van der Waals surface area contributed by atoms with Crippen molar-refractivity contribution in [3.05, 3.63) is 48.5 Å². The van der Waals surface area contributed by atoms with Gasteiger partial charge in [0, 0.05) is 0 Å². The molecule has 0 bridgehead atoms. The van der Waals surface area contributed by atoms with Crippen LogP contribution in [0.2, 0.25) is 0 Å². The monoisotopic (exact) mass is 306 g/mol. The summed E-state index contributed by atoms with van der Waals surface area (Å²) in [7, 11) is 0. The van der Waals surface area contributed by atoms with Crippen molar-refractivity contribution in [2.24, 2.45) is 0 Å². The molecule has 0 saturated carbocycles. The highest BCUT2D eigenvalue weighted by Gasteiger charge is 1.99. The van der Waals surface area contributed by atoms with Gasteiger partial charge in [-0.2, -0.15) is 0 Å². The molecule has 2 N–H and O–H groups in total. The SMILES string of the molecule is CC.CC.OCOc1ccc(-c2ccc(OCO)cc2)cc1. The predicted octanol–water partition coefficient (Wildman–Crippen LogP) is 4.06. The van der Waals surface area contributed by atoms with E-state index in [0.717, 1.165) is 11.1 Å². The number of benzene rings is 2. The van der Waals surface area contributed by atoms with E-state index < -0.39 is 0 Å². The first-order valence-corrected chi connectivity index (χ1v) is 7.51. The molecular weight excluding hydrogens is 280 g/mol. The molecule has 4 heteroatoms. The van der Waals surface area contributed by atoms with Crippen molar-refractivity contribution in [1.29, 1.82) is 0 Å². The van der Waals surface area contributed by atoms with Gasteiger partial charge in [-0.3, -0.25) is 0 Å². The molecule has 0 aliphatic carbocycles. The van der Waals surface area contributed by atoms with E-state index in [4.69, 9.17) is 19.7 Å². The molecule has 0 heterocycles. The summed E-state index contributed by atoms with van der Waals surface area (Å²) in [6, 6.07) is 14.8. The molecule has 0 aromatic heterocycles. The molecule has 2 aromatic rings. The lowest BCUT2D eigenvalue weighted by Gasteiger charge is -2.06. The topological polar surface area (TPSA) is 58.9 Å². The lowest BCUT2D eigenvalue weighted by atomic mass is 10.1. The molecule has 22 heavy (non-hydrogen) atoms. The highest BCUT2D eigenvalue weighted by Crippen LogP contribution is 2.24. The van der Waals surface area contributed by atoms with Crippen LogP contribution >= 0.6 is 0 Å². The molecule has 2 rings (SSSR count). The summed E-state index contributed by atoms with van der Waals surface area (Å²) in [5, 5.41) is 17.3. The summed E-state index contributed by atoms with van der Waals surface area (Å²) in [4.78, 5) is 0. The maximum Gasteiger partial charge on any atom is 0.186 e. The van der Waals surface area contributed by atoms with Crippen LogP contribution < -0.4 is 9.47 Å². The quantitative estimate of drug-likeness (QED) is 0.818. The molecule has 0 saturated heterocycles. The second-order valence-electron chi connectivity index (χ2n) is 3.60. The molecule has 4 nitrogen and oxygen atoms in total. The van der Waals surface area contributed by atoms with Gasteiger partial charge in [-0.25, -0.2) is 0 Å². The summed E-state index contributed by atoms with van der Waals surface area (Å²) < 4.78 is 9.91. The normalized spacial score (nSPS) is 8.82. The van der Waals surface area contributed by atoms with Crippen LogP contribution in [0.4, 0.5) is 0 Å². The van der Waals surface area contributed by atoms with Crippen LogP contribution in [0.1, 0.15) is 27.7 Å². The van der Waals surface area contributed by atoms with Crippen LogP contribution in [0.15, 0.2) is 48.5 Å². The fourth-order valence-corrected chi connectivity index (χ4v) is 1.64. The Morgan fingerprint density at radius 1 is 0.591 bits per heavy atom. The van der Waals surface area contributed by atoms with Gasteiger partial charge >= 0.3 is 0 Å². The molecule has 0 spiro atoms. The van der Waals surface area contributed by atoms with E-state index in [1.165, 1.54) is 0 Å². The smallest absolute Gasteiger partial charge is 0.186 e. The Balaban J connectivity index is 0.00000102. The van der Waals surface area contributed by atoms with Gasteiger partial charge in [-0.1, -0.05) is 52.0 Å². The molecule has 0 atom stereocenters. The summed E-state index contributed by atoms with van der Waals surface area (Å²) in [5.41, 5.74) is 2.08. The zero-order valence-corrected chi connectivity index (χ0v) is 13.7. The van der Waals surface area contributed by atoms with E-state index in [2.05, 4.69) is 0 Å². The van der Waals surface area contributed by atoms with Crippen molar-refractivity contribution in [3.8, 4) is 22.6 Å². The molecule has 2 aromatic carbocycles. The zero-order valence-electron chi connectivity index (χ0n) is 13.7. The van der Waals surface area contributed by atoms with E-state index >= 15 is 0 Å². The first-order valence-electron chi connectivity index (χ1n) is 7.51. The lowest BCUT2D eigenvalue weighted by molar-refractivity contribution is 0.0981. The minimum atomic E-state index is -0.327. The van der Waals surface area contributed by atoms with Crippen LogP contribution in [0.25, 0.3) is 11.1 Å². The fraction of sp³-hybridized carbons (Fsp3) is 0.333. The first kappa shape index (κ1) is 20.0. The van der Waals surface area contributed by atoms with E-state index in [1.54, 1.807) is 24.3 Å². The van der Waals surface area contributed by atoms with Gasteiger partial charge < -0.3 is 19.7 Å². The van der Waals surface area contributed by atoms with Gasteiger partial charge in [0.1, 0.15) is 11.5 Å². The molecule has 0 fully saturated rings. The van der Waals surface area contributed by atoms with Crippen molar-refractivity contribution in [3.63, 3.8) is 0 Å². The third kappa shape index (κ3) is 6.61. The molecule has 0 amide bonds. The number of rotatable bonds is 5. The Morgan fingerprint density at radius 3 is 1.09 bits per heavy atom. The van der Waals surface area contributed by atoms with Crippen LogP contribution in [0.5, 0.6) is 11.5 Å². The Hall–Kier alpha value is -2.04. The van der Waals surface area contributed by atoms with Gasteiger partial charge in [0.05, 0.1) is 0 Å². The van der Waals surface area contributed by atoms with E-state index in [-0.39, 0.29) is 13.6 Å². The van der Waals surface area contributed by atoms with E-state index in [0.29, 0.717) is 11.5 Å². The Labute approximate surface area is 133 Å². The molecule has 0 aliphatic rings. The second kappa shape index (κ2) is 12.7. The zero-order chi connectivity index (χ0) is 16.8. The van der Waals surface area contributed by atoms with Crippen LogP contribution in [-0.4, -0.2) is 23.8 Å². The second-order valence-corrected chi connectivity index (χ2v) is 3.60. The van der Waals surface area contributed by atoms with Crippen molar-refractivity contribution >= 4 is 0 Å². The Kier molecular flexibility index (Phi) is 11.5. The Morgan fingerprint density at radius 2 is 0.864 bits per heavy atom. The van der Waals surface area contributed by atoms with Crippen LogP contribution in [0, 0.1) is 0 Å². The maximum absolute atomic E-state index is 8.63. The van der Waals surface area contributed by atoms with Crippen molar-refractivity contribution < 1.29 is 19.7 Å². The molecule has 0 radical (unpaired) electrons. The summed E-state index contributed by atoms with van der Waals surface area (Å²) in [6.45, 7) is 7.35. The average Bonchev–Trinajstić information content (AvgIpc) is 2.61. The van der Waals surface area contributed by atoms with Gasteiger partial charge in [-0.15, -0.1) is 0 Å². The largest absolute Gasteiger partial charge is 0.468 e. The highest BCUT2D eigenvalue weighted by atomic mass is 16.6. The van der Waals surface area contributed by atoms with Gasteiger partial charge in [0.15, 0.2) is 13.6 Å². The van der Waals surface area contributed by atoms with Crippen molar-refractivity contribution in [2.45, 2.75) is 27.7 Å². The van der Waals surface area contributed by atoms with E-state index in [1.807, 2.05) is 52.0 Å². The van der Waals surface area contributed by atoms with Crippen LogP contribution in [-0.2, 0) is 0 Å². The Bertz CT molecular complexity index is 430. The average molecular weight is 306 g/mol. The van der Waals surface area contributed by atoms with Crippen molar-refractivity contribution in [1.82, 2.24) is 0 Å². The number of aliphatic hydroxyl groups is 2. The van der Waals surface area contributed by atoms with Crippen LogP contribution in [0.3, 0.4) is 0 Å². The molecule has 0 unspecified atom stereocenters. The van der Waals surface area contributed by atoms with Gasteiger partial charge in [-0.05, 0) is 35.4 Å². The first-order chi connectivity index (χ1) is 10.8. The number of hydrogen-bond acceptors (Lipinski definition) is 4. The summed E-state index contributed by atoms with van der Waals surface area (Å²) in [6.07, 6.45) is 0. The third-order valence-corrected chi connectivity index (χ3v) is 2.50. The standard InChI is InChI=1S/C14H14O4.2C2H6/c15-9-17-13-5-1-11(2-6-13)12-3-7-14(8-4-12)18-10-16;2*1-2/h1-8,15-16H,9-10H2;2*1-2H3. The third-order valence-electron chi connectivity index (χ3n) is 2.50. The number of hydrogen-bond donors (Lipinski definition) is 2. The summed E-state index contributed by atoms with van der Waals surface area (Å²) in [5.74, 6) is 1.25. The predicted molar refractivity (Wildman–Crippen MR) is 90.0 cm³/mol. The summed E-state index contributed by atoms with van der Waals surface area (Å²) >= 11 is 0. The van der Waals surface area contributed by atoms with Gasteiger partial charge in [0.25, 0.3) is 0 Å². The molecule has 122 valence electrons. The minimum Gasteiger partial charge on any atom is -0.468 e. The number of aliphatic hydroxyl groups excluding tert-OH is 2. The fourth-order valence-electron chi connectivity index (χ4n) is 1.64. The van der Waals surface area contributed by atoms with Crippen molar-refractivity contribution in [2.75, 3.05) is 13.6 Å². The van der Waals surface area contributed by atoms with E-state index in [9.17, 15) is 0 Å². The molecule has 0 aliphatic heterocycles. The minimum absolute atomic E-state index is 0.327.